The average molecular weight is 260 g/mol. The molecule has 1 N–H and O–H groups in total. The van der Waals surface area contributed by atoms with Crippen molar-refractivity contribution in [1.82, 2.24) is 5.32 Å². The molecule has 0 radical (unpaired) electrons. The van der Waals surface area contributed by atoms with Gasteiger partial charge in [-0.25, -0.2) is 0 Å². The molecule has 2 rings (SSSR count). The molecular formula is C17H28N2. The summed E-state index contributed by atoms with van der Waals surface area (Å²) >= 11 is 0. The molecule has 1 saturated heterocycles. The van der Waals surface area contributed by atoms with Crippen molar-refractivity contribution in [3.63, 3.8) is 0 Å². The van der Waals surface area contributed by atoms with Gasteiger partial charge in [-0.05, 0) is 56.5 Å². The topological polar surface area (TPSA) is 15.3 Å². The second-order valence-corrected chi connectivity index (χ2v) is 5.78. The highest BCUT2D eigenvalue weighted by molar-refractivity contribution is 5.51. The molecule has 1 aliphatic heterocycles. The largest absolute Gasteiger partial charge is 0.369 e. The quantitative estimate of drug-likeness (QED) is 0.884. The van der Waals surface area contributed by atoms with Crippen LogP contribution in [-0.2, 0) is 6.54 Å². The van der Waals surface area contributed by atoms with Crippen LogP contribution in [0.15, 0.2) is 18.2 Å². The summed E-state index contributed by atoms with van der Waals surface area (Å²) in [6, 6.07) is 7.66. The molecule has 1 aromatic carbocycles. The van der Waals surface area contributed by atoms with Gasteiger partial charge in [-0.3, -0.25) is 0 Å². The van der Waals surface area contributed by atoms with Crippen LogP contribution in [0.5, 0.6) is 0 Å². The third-order valence-electron chi connectivity index (χ3n) is 4.28. The SMILES string of the molecule is CCNCc1ccc(N2CCCCCC2C)cc1C. The molecule has 0 spiro atoms. The van der Waals surface area contributed by atoms with Crippen LogP contribution in [-0.4, -0.2) is 19.1 Å². The van der Waals surface area contributed by atoms with Gasteiger partial charge in [0.15, 0.2) is 0 Å². The molecular weight excluding hydrogens is 232 g/mol. The molecule has 0 aliphatic carbocycles. The minimum atomic E-state index is 0.682. The first-order chi connectivity index (χ1) is 9.22. The molecule has 1 heterocycles. The molecule has 1 aliphatic rings. The fourth-order valence-electron chi connectivity index (χ4n) is 2.98. The Bertz CT molecular complexity index is 400. The Kier molecular flexibility index (Phi) is 5.26. The summed E-state index contributed by atoms with van der Waals surface area (Å²) in [4.78, 5) is 2.59. The van der Waals surface area contributed by atoms with Crippen LogP contribution in [0.3, 0.4) is 0 Å². The fourth-order valence-corrected chi connectivity index (χ4v) is 2.98. The van der Waals surface area contributed by atoms with Crippen LogP contribution in [0, 0.1) is 6.92 Å². The molecule has 0 saturated carbocycles. The van der Waals surface area contributed by atoms with Gasteiger partial charge in [-0.15, -0.1) is 0 Å². The summed E-state index contributed by atoms with van der Waals surface area (Å²) in [5.41, 5.74) is 4.25. The highest BCUT2D eigenvalue weighted by Gasteiger charge is 2.17. The van der Waals surface area contributed by atoms with E-state index in [2.05, 4.69) is 49.2 Å². The molecule has 0 bridgehead atoms. The number of anilines is 1. The number of aryl methyl sites for hydroxylation is 1. The van der Waals surface area contributed by atoms with Gasteiger partial charge in [0.05, 0.1) is 0 Å². The van der Waals surface area contributed by atoms with Gasteiger partial charge in [0.25, 0.3) is 0 Å². The maximum absolute atomic E-state index is 3.41. The van der Waals surface area contributed by atoms with Gasteiger partial charge in [0.1, 0.15) is 0 Å². The van der Waals surface area contributed by atoms with Gasteiger partial charge in [0.2, 0.25) is 0 Å². The van der Waals surface area contributed by atoms with Gasteiger partial charge in [0, 0.05) is 24.8 Å². The van der Waals surface area contributed by atoms with E-state index in [0.717, 1.165) is 13.1 Å². The van der Waals surface area contributed by atoms with E-state index in [1.807, 2.05) is 0 Å². The standard InChI is InChI=1S/C17H28N2/c1-4-18-13-16-9-10-17(12-14(16)2)19-11-7-5-6-8-15(19)3/h9-10,12,15,18H,4-8,11,13H2,1-3H3. The van der Waals surface area contributed by atoms with Crippen molar-refractivity contribution in [2.75, 3.05) is 18.0 Å². The minimum Gasteiger partial charge on any atom is -0.369 e. The Morgan fingerprint density at radius 2 is 2.11 bits per heavy atom. The van der Waals surface area contributed by atoms with Crippen LogP contribution in [0.1, 0.15) is 50.7 Å². The Morgan fingerprint density at radius 1 is 1.26 bits per heavy atom. The van der Waals surface area contributed by atoms with Crippen molar-refractivity contribution >= 4 is 5.69 Å². The number of hydrogen-bond acceptors (Lipinski definition) is 2. The van der Waals surface area contributed by atoms with E-state index in [-0.39, 0.29) is 0 Å². The van der Waals surface area contributed by atoms with Gasteiger partial charge in [-0.1, -0.05) is 25.8 Å². The lowest BCUT2D eigenvalue weighted by Gasteiger charge is -2.30. The van der Waals surface area contributed by atoms with E-state index in [1.54, 1.807) is 0 Å². The highest BCUT2D eigenvalue weighted by Crippen LogP contribution is 2.26. The molecule has 19 heavy (non-hydrogen) atoms. The zero-order valence-electron chi connectivity index (χ0n) is 12.7. The molecule has 1 aromatic rings. The van der Waals surface area contributed by atoms with Crippen molar-refractivity contribution in [2.24, 2.45) is 0 Å². The second kappa shape index (κ2) is 6.95. The summed E-state index contributed by atoms with van der Waals surface area (Å²) in [6.07, 6.45) is 5.44. The summed E-state index contributed by atoms with van der Waals surface area (Å²) in [7, 11) is 0. The summed E-state index contributed by atoms with van der Waals surface area (Å²) in [6.45, 7) is 9.99. The third kappa shape index (κ3) is 3.73. The monoisotopic (exact) mass is 260 g/mol. The molecule has 1 unspecified atom stereocenters. The van der Waals surface area contributed by atoms with Gasteiger partial charge >= 0.3 is 0 Å². The maximum atomic E-state index is 3.41. The van der Waals surface area contributed by atoms with Crippen LogP contribution in [0.4, 0.5) is 5.69 Å². The van der Waals surface area contributed by atoms with Crippen LogP contribution < -0.4 is 10.2 Å². The number of benzene rings is 1. The third-order valence-corrected chi connectivity index (χ3v) is 4.28. The van der Waals surface area contributed by atoms with Crippen molar-refractivity contribution in [2.45, 2.75) is 59.0 Å². The molecule has 2 heteroatoms. The fraction of sp³-hybridized carbons (Fsp3) is 0.647. The zero-order valence-corrected chi connectivity index (χ0v) is 12.7. The number of nitrogens with zero attached hydrogens (tertiary/aromatic N) is 1. The van der Waals surface area contributed by atoms with Crippen molar-refractivity contribution in [3.05, 3.63) is 29.3 Å². The van der Waals surface area contributed by atoms with Crippen LogP contribution in [0.25, 0.3) is 0 Å². The normalized spacial score (nSPS) is 20.4. The number of hydrogen-bond donors (Lipinski definition) is 1. The lowest BCUT2D eigenvalue weighted by atomic mass is 10.1. The lowest BCUT2D eigenvalue weighted by Crippen LogP contribution is -2.32. The van der Waals surface area contributed by atoms with E-state index in [0.29, 0.717) is 6.04 Å². The summed E-state index contributed by atoms with van der Waals surface area (Å²) in [5, 5.41) is 3.41. The van der Waals surface area contributed by atoms with Crippen molar-refractivity contribution in [3.8, 4) is 0 Å². The second-order valence-electron chi connectivity index (χ2n) is 5.78. The van der Waals surface area contributed by atoms with E-state index in [1.165, 1.54) is 49.0 Å². The molecule has 106 valence electrons. The first kappa shape index (κ1) is 14.4. The minimum absolute atomic E-state index is 0.682. The Morgan fingerprint density at radius 3 is 2.84 bits per heavy atom. The molecule has 0 amide bonds. The smallest absolute Gasteiger partial charge is 0.0371 e. The molecule has 2 nitrogen and oxygen atoms in total. The van der Waals surface area contributed by atoms with E-state index in [4.69, 9.17) is 0 Å². The van der Waals surface area contributed by atoms with Crippen molar-refractivity contribution < 1.29 is 0 Å². The van der Waals surface area contributed by atoms with Gasteiger partial charge < -0.3 is 10.2 Å². The predicted molar refractivity (Wildman–Crippen MR) is 83.8 cm³/mol. The van der Waals surface area contributed by atoms with Crippen LogP contribution in [0.2, 0.25) is 0 Å². The summed E-state index contributed by atoms with van der Waals surface area (Å²) < 4.78 is 0. The average Bonchev–Trinajstić information content (AvgIpc) is 2.62. The van der Waals surface area contributed by atoms with E-state index in [9.17, 15) is 0 Å². The van der Waals surface area contributed by atoms with Gasteiger partial charge in [-0.2, -0.15) is 0 Å². The zero-order chi connectivity index (χ0) is 13.7. The molecule has 1 fully saturated rings. The maximum Gasteiger partial charge on any atom is 0.0371 e. The Balaban J connectivity index is 2.13. The Labute approximate surface area is 118 Å². The van der Waals surface area contributed by atoms with E-state index >= 15 is 0 Å². The first-order valence-electron chi connectivity index (χ1n) is 7.79. The Hall–Kier alpha value is -1.02. The first-order valence-corrected chi connectivity index (χ1v) is 7.79. The predicted octanol–water partition coefficient (Wildman–Crippen LogP) is 3.87. The molecule has 1 atom stereocenters. The molecule has 0 aromatic heterocycles. The summed E-state index contributed by atoms with van der Waals surface area (Å²) in [5.74, 6) is 0. The van der Waals surface area contributed by atoms with Crippen LogP contribution >= 0.6 is 0 Å². The highest BCUT2D eigenvalue weighted by atomic mass is 15.2. The van der Waals surface area contributed by atoms with Crippen molar-refractivity contribution in [1.29, 1.82) is 0 Å². The number of nitrogens with one attached hydrogen (secondary N) is 1. The lowest BCUT2D eigenvalue weighted by molar-refractivity contribution is 0.616. The number of rotatable bonds is 4. The van der Waals surface area contributed by atoms with E-state index < -0.39 is 0 Å².